The molecule has 1 fully saturated rings. The molecule has 0 saturated carbocycles. The fourth-order valence-electron chi connectivity index (χ4n) is 3.78. The van der Waals surface area contributed by atoms with E-state index in [0.29, 0.717) is 26.2 Å². The number of benzene rings is 1. The van der Waals surface area contributed by atoms with Gasteiger partial charge in [-0.15, -0.1) is 5.10 Å². The summed E-state index contributed by atoms with van der Waals surface area (Å²) < 4.78 is 24.7. The van der Waals surface area contributed by atoms with Gasteiger partial charge in [0.15, 0.2) is 15.7 Å². The highest BCUT2D eigenvalue weighted by Crippen LogP contribution is 2.23. The molecule has 0 unspecified atom stereocenters. The Labute approximate surface area is 165 Å². The fourth-order valence-corrected chi connectivity index (χ4v) is 5.03. The molecule has 1 aromatic heterocycles. The van der Waals surface area contributed by atoms with Crippen molar-refractivity contribution in [2.45, 2.75) is 30.6 Å². The van der Waals surface area contributed by atoms with Crippen molar-refractivity contribution in [1.82, 2.24) is 15.1 Å². The lowest BCUT2D eigenvalue weighted by molar-refractivity contribution is -0.131. The number of sulfone groups is 1. The van der Waals surface area contributed by atoms with Crippen LogP contribution in [0.25, 0.3) is 0 Å². The van der Waals surface area contributed by atoms with Gasteiger partial charge >= 0.3 is 0 Å². The number of carbonyl (C=O) groups excluding carboxylic acids is 1. The van der Waals surface area contributed by atoms with Gasteiger partial charge in [0.25, 0.3) is 0 Å². The summed E-state index contributed by atoms with van der Waals surface area (Å²) in [5.41, 5.74) is 2.40. The summed E-state index contributed by atoms with van der Waals surface area (Å²) in [7, 11) is -3.43. The number of hydrogen-bond donors (Lipinski definition) is 0. The Balaban J connectivity index is 1.31. The maximum absolute atomic E-state index is 12.5. The van der Waals surface area contributed by atoms with E-state index in [4.69, 9.17) is 0 Å². The Bertz CT molecular complexity index is 955. The summed E-state index contributed by atoms with van der Waals surface area (Å²) in [5, 5.41) is 8.67. The van der Waals surface area contributed by atoms with Crippen molar-refractivity contribution in [2.24, 2.45) is 0 Å². The van der Waals surface area contributed by atoms with Gasteiger partial charge in [-0.05, 0) is 43.0 Å². The number of rotatable bonds is 5. The predicted molar refractivity (Wildman–Crippen MR) is 106 cm³/mol. The number of amides is 1. The second-order valence-corrected chi connectivity index (χ2v) is 9.39. The second-order valence-electron chi connectivity index (χ2n) is 7.28. The largest absolute Gasteiger partial charge is 0.352 e. The van der Waals surface area contributed by atoms with Crippen molar-refractivity contribution in [3.8, 4) is 0 Å². The first-order chi connectivity index (χ1) is 13.5. The van der Waals surface area contributed by atoms with Gasteiger partial charge in [-0.3, -0.25) is 4.79 Å². The third-order valence-corrected chi connectivity index (χ3v) is 7.18. The van der Waals surface area contributed by atoms with Crippen LogP contribution in [-0.2, 0) is 27.5 Å². The third-order valence-electron chi connectivity index (χ3n) is 5.45. The molecule has 2 heterocycles. The van der Waals surface area contributed by atoms with E-state index in [1.807, 2.05) is 0 Å². The van der Waals surface area contributed by atoms with Gasteiger partial charge in [-0.2, -0.15) is 5.10 Å². The Morgan fingerprint density at radius 3 is 2.50 bits per heavy atom. The lowest BCUT2D eigenvalue weighted by Gasteiger charge is -2.35. The first-order valence-electron chi connectivity index (χ1n) is 9.69. The topological polar surface area (TPSA) is 83.5 Å². The molecule has 2 aliphatic rings. The predicted octanol–water partition coefficient (Wildman–Crippen LogP) is 1.48. The molecule has 28 heavy (non-hydrogen) atoms. The van der Waals surface area contributed by atoms with Crippen LogP contribution in [0.1, 0.15) is 24.1 Å². The van der Waals surface area contributed by atoms with Gasteiger partial charge < -0.3 is 9.80 Å². The molecule has 7 nitrogen and oxygen atoms in total. The molecule has 1 saturated heterocycles. The molecule has 1 amide bonds. The summed E-state index contributed by atoms with van der Waals surface area (Å²) in [5.74, 6) is 0.602. The van der Waals surface area contributed by atoms with Crippen molar-refractivity contribution in [3.05, 3.63) is 47.7 Å². The van der Waals surface area contributed by atoms with Crippen molar-refractivity contribution < 1.29 is 13.2 Å². The number of nitrogens with zero attached hydrogens (tertiary/aromatic N) is 4. The van der Waals surface area contributed by atoms with E-state index in [2.05, 4.69) is 21.2 Å². The molecular weight excluding hydrogens is 376 g/mol. The summed E-state index contributed by atoms with van der Waals surface area (Å²) >= 11 is 0. The van der Waals surface area contributed by atoms with Crippen LogP contribution in [0, 0.1) is 0 Å². The third kappa shape index (κ3) is 4.01. The summed E-state index contributed by atoms with van der Waals surface area (Å²) in [6, 6.07) is 10.4. The minimum absolute atomic E-state index is 0.00980. The van der Waals surface area contributed by atoms with E-state index >= 15 is 0 Å². The highest BCUT2D eigenvalue weighted by molar-refractivity contribution is 7.91. The second kappa shape index (κ2) is 7.87. The standard InChI is InChI=1S/C20H24N4O3S/c25-20(9-14-28(26,27)17-6-2-1-3-7-17)24-12-10-23(11-13-24)19-15-16-5-4-8-18(16)21-22-19/h1-3,6-7,15H,4-5,8-14H2. The average molecular weight is 401 g/mol. The Kier molecular flexibility index (Phi) is 5.30. The van der Waals surface area contributed by atoms with Crippen LogP contribution < -0.4 is 4.90 Å². The van der Waals surface area contributed by atoms with Crippen LogP contribution in [0.5, 0.6) is 0 Å². The van der Waals surface area contributed by atoms with Crippen LogP contribution in [-0.4, -0.2) is 61.4 Å². The van der Waals surface area contributed by atoms with Crippen LogP contribution in [0.4, 0.5) is 5.82 Å². The zero-order chi connectivity index (χ0) is 19.6. The summed E-state index contributed by atoms with van der Waals surface area (Å²) in [6.07, 6.45) is 3.22. The van der Waals surface area contributed by atoms with Crippen LogP contribution >= 0.6 is 0 Å². The Morgan fingerprint density at radius 2 is 1.75 bits per heavy atom. The molecular formula is C20H24N4O3S. The molecule has 1 aliphatic heterocycles. The van der Waals surface area contributed by atoms with E-state index in [9.17, 15) is 13.2 Å². The first kappa shape index (κ1) is 18.9. The number of fused-ring (bicyclic) bond motifs is 1. The SMILES string of the molecule is O=C(CCS(=O)(=O)c1ccccc1)N1CCN(c2cc3c(nn2)CCC3)CC1. The van der Waals surface area contributed by atoms with Gasteiger partial charge in [0.1, 0.15) is 0 Å². The molecule has 1 aliphatic carbocycles. The lowest BCUT2D eigenvalue weighted by Crippen LogP contribution is -2.49. The monoisotopic (exact) mass is 400 g/mol. The van der Waals surface area contributed by atoms with Gasteiger partial charge in [0.2, 0.25) is 5.91 Å². The highest BCUT2D eigenvalue weighted by atomic mass is 32.2. The van der Waals surface area contributed by atoms with Crippen LogP contribution in [0.15, 0.2) is 41.3 Å². The van der Waals surface area contributed by atoms with Gasteiger partial charge in [-0.25, -0.2) is 8.42 Å². The van der Waals surface area contributed by atoms with E-state index in [1.165, 1.54) is 5.56 Å². The molecule has 0 spiro atoms. The fraction of sp³-hybridized carbons (Fsp3) is 0.450. The maximum atomic E-state index is 12.5. The molecule has 0 bridgehead atoms. The molecule has 1 aromatic carbocycles. The highest BCUT2D eigenvalue weighted by Gasteiger charge is 2.25. The summed E-state index contributed by atoms with van der Waals surface area (Å²) in [4.78, 5) is 16.7. The molecule has 2 aromatic rings. The zero-order valence-electron chi connectivity index (χ0n) is 15.7. The molecule has 0 N–H and O–H groups in total. The Hall–Kier alpha value is -2.48. The van der Waals surface area contributed by atoms with E-state index in [-0.39, 0.29) is 23.0 Å². The summed E-state index contributed by atoms with van der Waals surface area (Å²) in [6.45, 7) is 2.52. The quantitative estimate of drug-likeness (QED) is 0.756. The lowest BCUT2D eigenvalue weighted by atomic mass is 10.2. The maximum Gasteiger partial charge on any atom is 0.223 e. The van der Waals surface area contributed by atoms with Gasteiger partial charge in [-0.1, -0.05) is 18.2 Å². The molecule has 8 heteroatoms. The minimum Gasteiger partial charge on any atom is -0.352 e. The molecule has 148 valence electrons. The number of aromatic nitrogens is 2. The van der Waals surface area contributed by atoms with Crippen molar-refractivity contribution in [2.75, 3.05) is 36.8 Å². The number of hydrogen-bond acceptors (Lipinski definition) is 6. The smallest absolute Gasteiger partial charge is 0.223 e. The Morgan fingerprint density at radius 1 is 1.00 bits per heavy atom. The van der Waals surface area contributed by atoms with Crippen LogP contribution in [0.2, 0.25) is 0 Å². The molecule has 4 rings (SSSR count). The molecule has 0 atom stereocenters. The van der Waals surface area contributed by atoms with E-state index in [1.54, 1.807) is 35.2 Å². The number of aryl methyl sites for hydroxylation is 2. The number of anilines is 1. The van der Waals surface area contributed by atoms with Crippen molar-refractivity contribution in [1.29, 1.82) is 0 Å². The zero-order valence-corrected chi connectivity index (χ0v) is 16.6. The van der Waals surface area contributed by atoms with Crippen LogP contribution in [0.3, 0.4) is 0 Å². The molecule has 0 radical (unpaired) electrons. The van der Waals surface area contributed by atoms with Crippen molar-refractivity contribution >= 4 is 21.6 Å². The van der Waals surface area contributed by atoms with E-state index in [0.717, 1.165) is 30.8 Å². The van der Waals surface area contributed by atoms with Gasteiger partial charge in [0.05, 0.1) is 16.3 Å². The average Bonchev–Trinajstić information content (AvgIpc) is 3.21. The van der Waals surface area contributed by atoms with Crippen molar-refractivity contribution in [3.63, 3.8) is 0 Å². The number of carbonyl (C=O) groups is 1. The first-order valence-corrected chi connectivity index (χ1v) is 11.3. The van der Waals surface area contributed by atoms with Gasteiger partial charge in [0, 0.05) is 32.6 Å². The normalized spacial score (nSPS) is 16.9. The minimum atomic E-state index is -3.43. The van der Waals surface area contributed by atoms with E-state index < -0.39 is 9.84 Å². The number of piperazine rings is 1.